The summed E-state index contributed by atoms with van der Waals surface area (Å²) in [7, 11) is -3.79. The van der Waals surface area contributed by atoms with Crippen LogP contribution < -0.4 is 11.5 Å². The van der Waals surface area contributed by atoms with E-state index in [1.165, 1.54) is 18.3 Å². The first-order valence-electron chi connectivity index (χ1n) is 5.91. The van der Waals surface area contributed by atoms with Crippen molar-refractivity contribution in [1.29, 1.82) is 0 Å². The third-order valence-corrected chi connectivity index (χ3v) is 5.23. The second-order valence-electron chi connectivity index (χ2n) is 4.42. The van der Waals surface area contributed by atoms with Crippen molar-refractivity contribution in [2.24, 2.45) is 11.5 Å². The predicted molar refractivity (Wildman–Crippen MR) is 76.2 cm³/mol. The minimum absolute atomic E-state index is 0.00866. The number of nitrogens with zero attached hydrogens (tertiary/aromatic N) is 2. The van der Waals surface area contributed by atoms with Crippen LogP contribution in [-0.4, -0.2) is 41.2 Å². The maximum Gasteiger partial charge on any atom is 0.245 e. The van der Waals surface area contributed by atoms with Crippen LogP contribution in [0.4, 0.5) is 0 Å². The van der Waals surface area contributed by atoms with Gasteiger partial charge < -0.3 is 11.5 Å². The van der Waals surface area contributed by atoms with Crippen molar-refractivity contribution in [3.05, 3.63) is 24.0 Å². The quantitative estimate of drug-likeness (QED) is 0.713. The third kappa shape index (κ3) is 2.65. The molecule has 108 valence electrons. The molecule has 0 spiro atoms. The summed E-state index contributed by atoms with van der Waals surface area (Å²) in [5.74, 6) is -0.640. The Bertz CT molecular complexity index is 642. The topological polar surface area (TPSA) is 119 Å². The number of hydrogen-bond acceptors (Lipinski definition) is 5. The summed E-state index contributed by atoms with van der Waals surface area (Å²) in [6, 6.07) is 2.01. The fourth-order valence-electron chi connectivity index (χ4n) is 2.13. The molecule has 9 heteroatoms. The molecule has 1 aliphatic heterocycles. The summed E-state index contributed by atoms with van der Waals surface area (Å²) in [6.07, 6.45) is 2.22. The van der Waals surface area contributed by atoms with E-state index in [2.05, 4.69) is 4.98 Å². The van der Waals surface area contributed by atoms with Crippen LogP contribution in [0.25, 0.3) is 0 Å². The second-order valence-corrected chi connectivity index (χ2v) is 6.75. The average molecular weight is 314 g/mol. The zero-order valence-corrected chi connectivity index (χ0v) is 12.2. The number of sulfonamides is 1. The first kappa shape index (κ1) is 14.8. The highest BCUT2D eigenvalue weighted by atomic mass is 32.2. The van der Waals surface area contributed by atoms with Crippen LogP contribution in [0.5, 0.6) is 0 Å². The van der Waals surface area contributed by atoms with Crippen molar-refractivity contribution in [2.75, 3.05) is 6.54 Å². The number of hydrogen-bond donors (Lipinski definition) is 2. The standard InChI is InChI=1S/C11H14N4O3S2/c12-10(16)9-2-1-5-15(9)20(17,18)7-3-4-8(11(13)19)14-6-7/h3-4,6,9H,1-2,5H2,(H2,12,16)(H2,13,19). The van der Waals surface area contributed by atoms with E-state index in [-0.39, 0.29) is 16.4 Å². The molecule has 1 aromatic rings. The number of nitrogens with two attached hydrogens (primary N) is 2. The van der Waals surface area contributed by atoms with E-state index >= 15 is 0 Å². The number of pyridine rings is 1. The first-order chi connectivity index (χ1) is 9.34. The lowest BCUT2D eigenvalue weighted by molar-refractivity contribution is -0.121. The van der Waals surface area contributed by atoms with Gasteiger partial charge in [-0.25, -0.2) is 8.42 Å². The molecule has 1 unspecified atom stereocenters. The lowest BCUT2D eigenvalue weighted by Gasteiger charge is -2.21. The van der Waals surface area contributed by atoms with Crippen LogP contribution in [0.3, 0.4) is 0 Å². The van der Waals surface area contributed by atoms with Crippen LogP contribution in [0.2, 0.25) is 0 Å². The van der Waals surface area contributed by atoms with Crippen LogP contribution in [0, 0.1) is 0 Å². The Morgan fingerprint density at radius 1 is 1.40 bits per heavy atom. The molecule has 1 fully saturated rings. The number of rotatable bonds is 4. The van der Waals surface area contributed by atoms with E-state index in [0.29, 0.717) is 18.5 Å². The monoisotopic (exact) mass is 314 g/mol. The summed E-state index contributed by atoms with van der Waals surface area (Å²) in [4.78, 5) is 15.3. The molecule has 20 heavy (non-hydrogen) atoms. The van der Waals surface area contributed by atoms with Crippen molar-refractivity contribution in [3.63, 3.8) is 0 Å². The molecule has 0 radical (unpaired) electrons. The molecule has 2 rings (SSSR count). The molecule has 7 nitrogen and oxygen atoms in total. The Morgan fingerprint density at radius 2 is 2.10 bits per heavy atom. The van der Waals surface area contributed by atoms with Gasteiger partial charge in [-0.15, -0.1) is 0 Å². The number of thiocarbonyl (C=S) groups is 1. The molecule has 2 heterocycles. The van der Waals surface area contributed by atoms with E-state index in [4.69, 9.17) is 23.7 Å². The summed E-state index contributed by atoms with van der Waals surface area (Å²) in [6.45, 7) is 0.271. The molecular weight excluding hydrogens is 300 g/mol. The summed E-state index contributed by atoms with van der Waals surface area (Å²) in [5.41, 5.74) is 11.0. The van der Waals surface area contributed by atoms with Gasteiger partial charge in [0.05, 0.1) is 5.69 Å². The highest BCUT2D eigenvalue weighted by Gasteiger charge is 2.38. The molecule has 1 amide bonds. The zero-order chi connectivity index (χ0) is 14.9. The Labute approximate surface area is 122 Å². The zero-order valence-electron chi connectivity index (χ0n) is 10.5. The lowest BCUT2D eigenvalue weighted by Crippen LogP contribution is -2.43. The maximum atomic E-state index is 12.4. The van der Waals surface area contributed by atoms with E-state index in [0.717, 1.165) is 4.31 Å². The molecular formula is C11H14N4O3S2. The van der Waals surface area contributed by atoms with Crippen LogP contribution >= 0.6 is 12.2 Å². The van der Waals surface area contributed by atoms with Crippen LogP contribution in [0.1, 0.15) is 18.5 Å². The molecule has 0 saturated carbocycles. The number of carbonyl (C=O) groups excluding carboxylic acids is 1. The van der Waals surface area contributed by atoms with Gasteiger partial charge in [-0.05, 0) is 25.0 Å². The number of carbonyl (C=O) groups is 1. The van der Waals surface area contributed by atoms with E-state index < -0.39 is 22.0 Å². The summed E-state index contributed by atoms with van der Waals surface area (Å²) in [5, 5.41) is 0. The van der Waals surface area contributed by atoms with Gasteiger partial charge in [0.25, 0.3) is 0 Å². The third-order valence-electron chi connectivity index (χ3n) is 3.13. The van der Waals surface area contributed by atoms with Gasteiger partial charge in [-0.1, -0.05) is 12.2 Å². The largest absolute Gasteiger partial charge is 0.388 e. The SMILES string of the molecule is NC(=O)C1CCCN1S(=O)(=O)c1ccc(C(N)=S)nc1. The average Bonchev–Trinajstić information content (AvgIpc) is 2.89. The Balaban J connectivity index is 2.35. The number of aromatic nitrogens is 1. The summed E-state index contributed by atoms with van der Waals surface area (Å²) >= 11 is 4.75. The second kappa shape index (κ2) is 5.43. The molecule has 1 aromatic heterocycles. The van der Waals surface area contributed by atoms with Crippen molar-refractivity contribution in [3.8, 4) is 0 Å². The Hall–Kier alpha value is -1.58. The molecule has 0 aromatic carbocycles. The first-order valence-corrected chi connectivity index (χ1v) is 7.76. The fourth-order valence-corrected chi connectivity index (χ4v) is 3.86. The molecule has 1 aliphatic rings. The molecule has 1 atom stereocenters. The van der Waals surface area contributed by atoms with Gasteiger partial charge in [0.1, 0.15) is 15.9 Å². The molecule has 4 N–H and O–H groups in total. The van der Waals surface area contributed by atoms with Gasteiger partial charge in [0.2, 0.25) is 15.9 Å². The van der Waals surface area contributed by atoms with E-state index in [1.807, 2.05) is 0 Å². The highest BCUT2D eigenvalue weighted by molar-refractivity contribution is 7.89. The van der Waals surface area contributed by atoms with Crippen molar-refractivity contribution in [2.45, 2.75) is 23.8 Å². The van der Waals surface area contributed by atoms with Gasteiger partial charge in [-0.2, -0.15) is 4.31 Å². The normalized spacial score (nSPS) is 19.9. The smallest absolute Gasteiger partial charge is 0.245 e. The van der Waals surface area contributed by atoms with Crippen LogP contribution in [0.15, 0.2) is 23.2 Å². The molecule has 1 saturated heterocycles. The molecule has 0 aliphatic carbocycles. The number of primary amides is 1. The van der Waals surface area contributed by atoms with Crippen molar-refractivity contribution < 1.29 is 13.2 Å². The van der Waals surface area contributed by atoms with Gasteiger partial charge in [-0.3, -0.25) is 9.78 Å². The minimum Gasteiger partial charge on any atom is -0.388 e. The Morgan fingerprint density at radius 3 is 2.60 bits per heavy atom. The molecule has 0 bridgehead atoms. The predicted octanol–water partition coefficient (Wildman–Crippen LogP) is -0.646. The van der Waals surface area contributed by atoms with Crippen molar-refractivity contribution >= 4 is 33.1 Å². The summed E-state index contributed by atoms with van der Waals surface area (Å²) < 4.78 is 26.0. The van der Waals surface area contributed by atoms with Crippen LogP contribution in [-0.2, 0) is 14.8 Å². The van der Waals surface area contributed by atoms with Gasteiger partial charge in [0.15, 0.2) is 0 Å². The van der Waals surface area contributed by atoms with E-state index in [1.54, 1.807) is 0 Å². The van der Waals surface area contributed by atoms with E-state index in [9.17, 15) is 13.2 Å². The lowest BCUT2D eigenvalue weighted by atomic mass is 10.2. The van der Waals surface area contributed by atoms with Crippen molar-refractivity contribution in [1.82, 2.24) is 9.29 Å². The van der Waals surface area contributed by atoms with Gasteiger partial charge >= 0.3 is 0 Å². The Kier molecular flexibility index (Phi) is 4.02. The fraction of sp³-hybridized carbons (Fsp3) is 0.364. The van der Waals surface area contributed by atoms with Gasteiger partial charge in [0, 0.05) is 12.7 Å². The minimum atomic E-state index is -3.79. The highest BCUT2D eigenvalue weighted by Crippen LogP contribution is 2.25. The maximum absolute atomic E-state index is 12.4. The number of amides is 1.